The molecule has 0 saturated carbocycles. The van der Waals surface area contributed by atoms with Crippen LogP contribution < -0.4 is 20.7 Å². The van der Waals surface area contributed by atoms with Crippen LogP contribution in [0.3, 0.4) is 0 Å². The van der Waals surface area contributed by atoms with Gasteiger partial charge in [-0.15, -0.1) is 0 Å². The van der Waals surface area contributed by atoms with Gasteiger partial charge in [-0.05, 0) is 18.2 Å². The van der Waals surface area contributed by atoms with Crippen molar-refractivity contribution < 1.29 is 13.2 Å². The van der Waals surface area contributed by atoms with Gasteiger partial charge in [-0.2, -0.15) is 0 Å². The second-order valence-electron chi connectivity index (χ2n) is 4.81. The fourth-order valence-corrected chi connectivity index (χ4v) is 3.31. The molecule has 21 heavy (non-hydrogen) atoms. The van der Waals surface area contributed by atoms with Gasteiger partial charge in [0.25, 0.3) is 0 Å². The number of sulfonamides is 1. The molecule has 1 fully saturated rings. The highest BCUT2D eigenvalue weighted by Crippen LogP contribution is 2.27. The molecule has 1 heterocycles. The number of hydrogen-bond donors (Lipinski definition) is 3. The number of rotatable bonds is 4. The minimum atomic E-state index is -3.52. The Morgan fingerprint density at radius 1 is 1.38 bits per heavy atom. The average molecular weight is 312 g/mol. The monoisotopic (exact) mass is 312 g/mol. The second-order valence-corrected chi connectivity index (χ2v) is 6.58. The second kappa shape index (κ2) is 6.31. The Morgan fingerprint density at radius 3 is 2.86 bits per heavy atom. The number of benzene rings is 1. The number of nitrogens with one attached hydrogen (secondary N) is 2. The van der Waals surface area contributed by atoms with Gasteiger partial charge in [0.15, 0.2) is 0 Å². The van der Waals surface area contributed by atoms with Crippen molar-refractivity contribution in [2.24, 2.45) is 0 Å². The number of nitrogens with two attached hydrogens (primary N) is 1. The molecule has 1 aliphatic rings. The van der Waals surface area contributed by atoms with E-state index in [-0.39, 0.29) is 10.8 Å². The van der Waals surface area contributed by atoms with E-state index in [4.69, 9.17) is 5.73 Å². The van der Waals surface area contributed by atoms with Crippen LogP contribution in [0.2, 0.25) is 0 Å². The molecule has 0 atom stereocenters. The zero-order valence-corrected chi connectivity index (χ0v) is 12.7. The molecule has 7 nitrogen and oxygen atoms in total. The van der Waals surface area contributed by atoms with Crippen LogP contribution in [0.1, 0.15) is 13.3 Å². The summed E-state index contributed by atoms with van der Waals surface area (Å²) in [6, 6.07) is 4.63. The summed E-state index contributed by atoms with van der Waals surface area (Å²) in [6.45, 7) is 3.68. The summed E-state index contributed by atoms with van der Waals surface area (Å²) in [4.78, 5) is 13.5. The largest absolute Gasteiger partial charge is 0.397 e. The molecule has 0 aliphatic carbocycles. The lowest BCUT2D eigenvalue weighted by molar-refractivity contribution is -0.120. The molecule has 0 unspecified atom stereocenters. The van der Waals surface area contributed by atoms with E-state index in [0.29, 0.717) is 44.0 Å². The molecule has 0 spiro atoms. The fourth-order valence-electron chi connectivity index (χ4n) is 2.25. The summed E-state index contributed by atoms with van der Waals surface area (Å²) in [5.74, 6) is -0.00695. The van der Waals surface area contributed by atoms with E-state index in [1.165, 1.54) is 6.07 Å². The number of carbonyl (C=O) groups excluding carboxylic acids is 1. The van der Waals surface area contributed by atoms with E-state index in [1.54, 1.807) is 19.1 Å². The summed E-state index contributed by atoms with van der Waals surface area (Å²) in [6.07, 6.45) is 0.365. The maximum Gasteiger partial charge on any atom is 0.240 e. The van der Waals surface area contributed by atoms with Gasteiger partial charge in [0.1, 0.15) is 0 Å². The number of nitrogens with zero attached hydrogens (tertiary/aromatic N) is 1. The van der Waals surface area contributed by atoms with E-state index >= 15 is 0 Å². The SMILES string of the molecule is CCNS(=O)(=O)c1ccc(N)c(N2CCNC(=O)CC2)c1. The van der Waals surface area contributed by atoms with Gasteiger partial charge in [-0.25, -0.2) is 13.1 Å². The third-order valence-electron chi connectivity index (χ3n) is 3.30. The van der Waals surface area contributed by atoms with Crippen LogP contribution in [0.4, 0.5) is 11.4 Å². The number of carbonyl (C=O) groups is 1. The highest BCUT2D eigenvalue weighted by atomic mass is 32.2. The number of nitrogen functional groups attached to an aromatic ring is 1. The third kappa shape index (κ3) is 3.64. The molecule has 1 amide bonds. The molecule has 0 bridgehead atoms. The van der Waals surface area contributed by atoms with E-state index < -0.39 is 10.0 Å². The first-order valence-corrected chi connectivity index (χ1v) is 8.33. The van der Waals surface area contributed by atoms with Crippen molar-refractivity contribution in [1.29, 1.82) is 0 Å². The van der Waals surface area contributed by atoms with Gasteiger partial charge >= 0.3 is 0 Å². The van der Waals surface area contributed by atoms with Crippen LogP contribution in [0, 0.1) is 0 Å². The first kappa shape index (κ1) is 15.6. The molecule has 1 aromatic rings. The predicted octanol–water partition coefficient (Wildman–Crippen LogP) is -0.107. The van der Waals surface area contributed by atoms with Crippen molar-refractivity contribution in [1.82, 2.24) is 10.0 Å². The lowest BCUT2D eigenvalue weighted by atomic mass is 10.2. The summed E-state index contributed by atoms with van der Waals surface area (Å²) >= 11 is 0. The molecule has 0 aromatic heterocycles. The van der Waals surface area contributed by atoms with Gasteiger partial charge in [0.05, 0.1) is 16.3 Å². The number of anilines is 2. The highest BCUT2D eigenvalue weighted by Gasteiger charge is 2.19. The van der Waals surface area contributed by atoms with Gasteiger partial charge < -0.3 is 16.0 Å². The first-order valence-electron chi connectivity index (χ1n) is 6.85. The lowest BCUT2D eigenvalue weighted by Crippen LogP contribution is -2.29. The highest BCUT2D eigenvalue weighted by molar-refractivity contribution is 7.89. The van der Waals surface area contributed by atoms with Crippen molar-refractivity contribution in [2.75, 3.05) is 36.8 Å². The molecule has 2 rings (SSSR count). The molecule has 8 heteroatoms. The Hall–Kier alpha value is -1.80. The first-order chi connectivity index (χ1) is 9.94. The van der Waals surface area contributed by atoms with E-state index in [1.807, 2.05) is 4.90 Å². The zero-order valence-electron chi connectivity index (χ0n) is 11.9. The predicted molar refractivity (Wildman–Crippen MR) is 81.6 cm³/mol. The Morgan fingerprint density at radius 2 is 2.14 bits per heavy atom. The fraction of sp³-hybridized carbons (Fsp3) is 0.462. The molecule has 1 aromatic carbocycles. The van der Waals surface area contributed by atoms with Crippen molar-refractivity contribution in [3.05, 3.63) is 18.2 Å². The zero-order chi connectivity index (χ0) is 15.5. The molecule has 4 N–H and O–H groups in total. The summed E-state index contributed by atoms with van der Waals surface area (Å²) in [7, 11) is -3.52. The molecule has 0 radical (unpaired) electrons. The summed E-state index contributed by atoms with van der Waals surface area (Å²) in [5.41, 5.74) is 7.10. The quantitative estimate of drug-likeness (QED) is 0.673. The minimum Gasteiger partial charge on any atom is -0.397 e. The topological polar surface area (TPSA) is 105 Å². The molecular formula is C13H20N4O3S. The minimum absolute atomic E-state index is 0.00695. The van der Waals surface area contributed by atoms with Crippen LogP contribution >= 0.6 is 0 Å². The van der Waals surface area contributed by atoms with Crippen molar-refractivity contribution in [3.63, 3.8) is 0 Å². The van der Waals surface area contributed by atoms with Crippen LogP contribution in [-0.4, -0.2) is 40.5 Å². The number of hydrogen-bond acceptors (Lipinski definition) is 5. The van der Waals surface area contributed by atoms with Crippen molar-refractivity contribution in [2.45, 2.75) is 18.2 Å². The third-order valence-corrected chi connectivity index (χ3v) is 4.84. The van der Waals surface area contributed by atoms with Crippen LogP contribution in [0.25, 0.3) is 0 Å². The molecular weight excluding hydrogens is 292 g/mol. The van der Waals surface area contributed by atoms with Gasteiger partial charge in [-0.3, -0.25) is 4.79 Å². The maximum atomic E-state index is 12.1. The molecule has 1 saturated heterocycles. The average Bonchev–Trinajstić information content (AvgIpc) is 2.64. The summed E-state index contributed by atoms with van der Waals surface area (Å²) < 4.78 is 26.6. The van der Waals surface area contributed by atoms with Crippen molar-refractivity contribution in [3.8, 4) is 0 Å². The number of amides is 1. The van der Waals surface area contributed by atoms with Crippen LogP contribution in [-0.2, 0) is 14.8 Å². The maximum absolute atomic E-state index is 12.1. The van der Waals surface area contributed by atoms with Gasteiger partial charge in [0, 0.05) is 32.6 Å². The summed E-state index contributed by atoms with van der Waals surface area (Å²) in [5, 5.41) is 2.78. The smallest absolute Gasteiger partial charge is 0.240 e. The van der Waals surface area contributed by atoms with E-state index in [2.05, 4.69) is 10.0 Å². The Labute approximate surface area is 124 Å². The Kier molecular flexibility index (Phi) is 4.69. The van der Waals surface area contributed by atoms with E-state index in [9.17, 15) is 13.2 Å². The van der Waals surface area contributed by atoms with Crippen LogP contribution in [0.15, 0.2) is 23.1 Å². The Balaban J connectivity index is 2.33. The van der Waals surface area contributed by atoms with E-state index in [0.717, 1.165) is 0 Å². The molecule has 116 valence electrons. The normalized spacial score (nSPS) is 16.4. The molecule has 1 aliphatic heterocycles. The van der Waals surface area contributed by atoms with Gasteiger partial charge in [0.2, 0.25) is 15.9 Å². The van der Waals surface area contributed by atoms with Crippen molar-refractivity contribution >= 4 is 27.3 Å². The van der Waals surface area contributed by atoms with Crippen LogP contribution in [0.5, 0.6) is 0 Å². The lowest BCUT2D eigenvalue weighted by Gasteiger charge is -2.24. The Bertz CT molecular complexity index is 630. The standard InChI is InChI=1S/C13H20N4O3S/c1-2-16-21(19,20)10-3-4-11(14)12(9-10)17-7-5-13(18)15-6-8-17/h3-4,9,16H,2,5-8,14H2,1H3,(H,15,18). The van der Waals surface area contributed by atoms with Gasteiger partial charge in [-0.1, -0.05) is 6.92 Å².